The van der Waals surface area contributed by atoms with Crippen molar-refractivity contribution in [2.75, 3.05) is 13.2 Å². The first kappa shape index (κ1) is 36.6. The van der Waals surface area contributed by atoms with Gasteiger partial charge in [0.25, 0.3) is 0 Å². The second kappa shape index (κ2) is 16.0. The Hall–Kier alpha value is -3.44. The van der Waals surface area contributed by atoms with E-state index in [1.54, 1.807) is 41.5 Å². The monoisotopic (exact) mass is 568 g/mol. The molecule has 0 aliphatic carbocycles. The van der Waals surface area contributed by atoms with Crippen molar-refractivity contribution >= 4 is 35.6 Å². The third-order valence-electron chi connectivity index (χ3n) is 6.10. The van der Waals surface area contributed by atoms with Crippen molar-refractivity contribution in [3.05, 3.63) is 12.2 Å². The number of hydrogen-bond acceptors (Lipinski definition) is 8. The topological polar surface area (TPSA) is 169 Å². The summed E-state index contributed by atoms with van der Waals surface area (Å²) in [4.78, 5) is 75.8. The molecule has 4 atom stereocenters. The van der Waals surface area contributed by atoms with E-state index in [0.717, 1.165) is 0 Å². The summed E-state index contributed by atoms with van der Waals surface area (Å²) < 4.78 is 10.1. The number of ether oxygens (including phenoxy) is 2. The molecule has 228 valence electrons. The van der Waals surface area contributed by atoms with Gasteiger partial charge in [0, 0.05) is 26.7 Å². The number of esters is 2. The molecule has 0 rings (SSSR count). The molecule has 0 heterocycles. The molecule has 4 N–H and O–H groups in total. The van der Waals surface area contributed by atoms with Crippen molar-refractivity contribution < 1.29 is 38.2 Å². The van der Waals surface area contributed by atoms with Crippen molar-refractivity contribution in [3.8, 4) is 0 Å². The molecule has 0 aromatic carbocycles. The third-order valence-corrected chi connectivity index (χ3v) is 6.10. The Labute approximate surface area is 237 Å². The van der Waals surface area contributed by atoms with Crippen molar-refractivity contribution in [1.82, 2.24) is 21.3 Å². The van der Waals surface area contributed by atoms with Gasteiger partial charge in [0.05, 0.1) is 13.2 Å². The molecule has 0 aromatic rings. The fraction of sp³-hybridized carbons (Fsp3) is 0.714. The van der Waals surface area contributed by atoms with Crippen LogP contribution in [0.2, 0.25) is 0 Å². The van der Waals surface area contributed by atoms with E-state index in [2.05, 4.69) is 27.8 Å². The number of carbonyl (C=O) groups is 6. The Balaban J connectivity index is 6.10. The molecule has 0 spiro atoms. The predicted molar refractivity (Wildman–Crippen MR) is 150 cm³/mol. The lowest BCUT2D eigenvalue weighted by atomic mass is 9.84. The number of rotatable bonds is 16. The third kappa shape index (κ3) is 11.4. The molecule has 0 aromatic heterocycles. The minimum absolute atomic E-state index is 0.125. The number of nitrogens with one attached hydrogen (secondary N) is 4. The standard InChI is InChI=1S/C28H48N4O8/c1-12-39-23(35)21(16(3)4)29-25(37)27(10,31-19(8)33)14-18(7)15-28(11,32-20(9)34)26(38)30-22(17(5)6)24(36)40-13-2/h16-17,21-22H,7,12-15H2,1-6,8-11H3,(H,29,37)(H,30,38)(H,31,33)(H,32,34)/t21-,22-,27+,28+/m0/s1. The maximum Gasteiger partial charge on any atom is 0.328 e. The largest absolute Gasteiger partial charge is 0.464 e. The number of hydrogen-bond donors (Lipinski definition) is 4. The van der Waals surface area contributed by atoms with E-state index in [1.807, 2.05) is 0 Å². The van der Waals surface area contributed by atoms with Crippen LogP contribution in [-0.4, -0.2) is 71.9 Å². The predicted octanol–water partition coefficient (Wildman–Crippen LogP) is 1.52. The number of carbonyl (C=O) groups excluding carboxylic acids is 6. The molecule has 0 radical (unpaired) electrons. The highest BCUT2D eigenvalue weighted by Gasteiger charge is 2.42. The van der Waals surface area contributed by atoms with Crippen molar-refractivity contribution in [1.29, 1.82) is 0 Å². The highest BCUT2D eigenvalue weighted by Crippen LogP contribution is 2.25. The van der Waals surface area contributed by atoms with Crippen molar-refractivity contribution in [2.24, 2.45) is 11.8 Å². The van der Waals surface area contributed by atoms with E-state index < -0.39 is 58.7 Å². The Kier molecular flexibility index (Phi) is 14.6. The van der Waals surface area contributed by atoms with Crippen molar-refractivity contribution in [2.45, 2.75) is 105 Å². The Morgan fingerprint density at radius 2 is 0.975 bits per heavy atom. The Bertz CT molecular complexity index is 890. The van der Waals surface area contributed by atoms with E-state index in [-0.39, 0.29) is 37.9 Å². The SMILES string of the molecule is C=C(C[C@@](C)(NC(C)=O)C(=O)N[C@H](C(=O)OCC)C(C)C)C[C@@](C)(NC(C)=O)C(=O)N[C@H](C(=O)OCC)C(C)C. The van der Waals surface area contributed by atoms with Crippen LogP contribution in [0.1, 0.15) is 82.1 Å². The fourth-order valence-electron chi connectivity index (χ4n) is 4.26. The summed E-state index contributed by atoms with van der Waals surface area (Å²) in [5, 5.41) is 10.6. The van der Waals surface area contributed by atoms with Crippen LogP contribution in [0.15, 0.2) is 12.2 Å². The van der Waals surface area contributed by atoms with Crippen molar-refractivity contribution in [3.63, 3.8) is 0 Å². The van der Waals surface area contributed by atoms with Crippen LogP contribution in [-0.2, 0) is 38.2 Å². The maximum absolute atomic E-state index is 13.4. The summed E-state index contributed by atoms with van der Waals surface area (Å²) in [6.45, 7) is 20.0. The van der Waals surface area contributed by atoms with Gasteiger partial charge in [0.1, 0.15) is 23.2 Å². The molecule has 0 unspecified atom stereocenters. The van der Waals surface area contributed by atoms with Crippen LogP contribution in [0.3, 0.4) is 0 Å². The highest BCUT2D eigenvalue weighted by molar-refractivity contribution is 5.95. The molecule has 0 saturated carbocycles. The highest BCUT2D eigenvalue weighted by atomic mass is 16.5. The molecule has 0 aliphatic heterocycles. The summed E-state index contributed by atoms with van der Waals surface area (Å²) >= 11 is 0. The van der Waals surface area contributed by atoms with Crippen LogP contribution in [0.25, 0.3) is 0 Å². The van der Waals surface area contributed by atoms with Gasteiger partial charge in [-0.25, -0.2) is 9.59 Å². The molecule has 40 heavy (non-hydrogen) atoms. The average molecular weight is 569 g/mol. The van der Waals surface area contributed by atoms with Crippen LogP contribution < -0.4 is 21.3 Å². The average Bonchev–Trinajstić information content (AvgIpc) is 2.78. The first-order chi connectivity index (χ1) is 18.3. The van der Waals surface area contributed by atoms with Crippen LogP contribution in [0.4, 0.5) is 0 Å². The molecular weight excluding hydrogens is 520 g/mol. The van der Waals surface area contributed by atoms with Crippen LogP contribution >= 0.6 is 0 Å². The lowest BCUT2D eigenvalue weighted by Gasteiger charge is -2.35. The van der Waals surface area contributed by atoms with E-state index in [1.165, 1.54) is 27.7 Å². The zero-order valence-corrected chi connectivity index (χ0v) is 25.6. The zero-order valence-electron chi connectivity index (χ0n) is 25.6. The van der Waals surface area contributed by atoms with Crippen LogP contribution in [0, 0.1) is 11.8 Å². The maximum atomic E-state index is 13.4. The Morgan fingerprint density at radius 3 is 1.20 bits per heavy atom. The van der Waals surface area contributed by atoms with Gasteiger partial charge in [0.2, 0.25) is 23.6 Å². The summed E-state index contributed by atoms with van der Waals surface area (Å²) in [6.07, 6.45) is -0.250. The summed E-state index contributed by atoms with van der Waals surface area (Å²) in [7, 11) is 0. The zero-order chi connectivity index (χ0) is 31.4. The number of amides is 4. The normalized spacial score (nSPS) is 15.5. The van der Waals surface area contributed by atoms with E-state index >= 15 is 0 Å². The van der Waals surface area contributed by atoms with Crippen LogP contribution in [0.5, 0.6) is 0 Å². The lowest BCUT2D eigenvalue weighted by Crippen LogP contribution is -2.62. The first-order valence-electron chi connectivity index (χ1n) is 13.5. The first-order valence-corrected chi connectivity index (χ1v) is 13.5. The van der Waals surface area contributed by atoms with Gasteiger partial charge >= 0.3 is 11.9 Å². The molecule has 4 amide bonds. The summed E-state index contributed by atoms with van der Waals surface area (Å²) in [6, 6.07) is -1.92. The minimum atomic E-state index is -1.55. The second-order valence-electron chi connectivity index (χ2n) is 11.0. The van der Waals surface area contributed by atoms with Gasteiger partial charge in [-0.2, -0.15) is 0 Å². The van der Waals surface area contributed by atoms with Gasteiger partial charge in [-0.1, -0.05) is 39.8 Å². The second-order valence-corrected chi connectivity index (χ2v) is 11.0. The van der Waals surface area contributed by atoms with E-state index in [9.17, 15) is 28.8 Å². The van der Waals surface area contributed by atoms with Gasteiger partial charge in [-0.05, 0) is 39.5 Å². The van der Waals surface area contributed by atoms with Gasteiger partial charge in [-0.3, -0.25) is 19.2 Å². The molecule has 12 heteroatoms. The lowest BCUT2D eigenvalue weighted by molar-refractivity contribution is -0.150. The molecule has 0 aliphatic rings. The van der Waals surface area contributed by atoms with Gasteiger partial charge < -0.3 is 30.7 Å². The van der Waals surface area contributed by atoms with Gasteiger partial charge in [-0.15, -0.1) is 0 Å². The van der Waals surface area contributed by atoms with E-state index in [0.29, 0.717) is 5.57 Å². The fourth-order valence-corrected chi connectivity index (χ4v) is 4.26. The van der Waals surface area contributed by atoms with E-state index in [4.69, 9.17) is 9.47 Å². The smallest absolute Gasteiger partial charge is 0.328 e. The molecule has 0 fully saturated rings. The summed E-state index contributed by atoms with van der Waals surface area (Å²) in [5.41, 5.74) is -2.77. The van der Waals surface area contributed by atoms with Gasteiger partial charge in [0.15, 0.2) is 0 Å². The quantitative estimate of drug-likeness (QED) is 0.160. The molecule has 0 saturated heterocycles. The Morgan fingerprint density at radius 1 is 0.675 bits per heavy atom. The minimum Gasteiger partial charge on any atom is -0.464 e. The summed E-state index contributed by atoms with van der Waals surface area (Å²) in [5.74, 6) is -4.11. The molecule has 12 nitrogen and oxygen atoms in total. The molecule has 0 bridgehead atoms. The molecular formula is C28H48N4O8.